The zero-order valence-corrected chi connectivity index (χ0v) is 15.7. The Bertz CT molecular complexity index is 1070. The molecule has 3 rings (SSSR count). The van der Waals surface area contributed by atoms with Crippen molar-refractivity contribution in [2.24, 2.45) is 0 Å². The maximum absolute atomic E-state index is 12.3. The van der Waals surface area contributed by atoms with Crippen LogP contribution in [-0.4, -0.2) is 15.8 Å². The number of phenolic OH excluding ortho intramolecular Hbond substituents is 1. The molecule has 0 unspecified atom stereocenters. The Hall–Kier alpha value is -3.93. The molecule has 0 bridgehead atoms. The van der Waals surface area contributed by atoms with Crippen molar-refractivity contribution in [1.29, 1.82) is 0 Å². The molecule has 146 valence electrons. The SMILES string of the molecule is Cc1ccc(O)c(C(=O)C=Cc2ccc(OCc3ccccc3)c([N+](=O)[O-])c2)c1. The van der Waals surface area contributed by atoms with Gasteiger partial charge >= 0.3 is 5.69 Å². The molecule has 3 aromatic carbocycles. The molecule has 0 heterocycles. The second-order valence-electron chi connectivity index (χ2n) is 6.48. The minimum atomic E-state index is -0.522. The molecule has 0 aliphatic carbocycles. The second kappa shape index (κ2) is 8.84. The number of allylic oxidation sites excluding steroid dienone is 1. The highest BCUT2D eigenvalue weighted by Crippen LogP contribution is 2.29. The lowest BCUT2D eigenvalue weighted by Gasteiger charge is -2.07. The van der Waals surface area contributed by atoms with Gasteiger partial charge in [0.1, 0.15) is 12.4 Å². The van der Waals surface area contributed by atoms with E-state index in [1.54, 1.807) is 18.2 Å². The van der Waals surface area contributed by atoms with Crippen molar-refractivity contribution < 1.29 is 19.6 Å². The van der Waals surface area contributed by atoms with Gasteiger partial charge in [-0.3, -0.25) is 14.9 Å². The number of ether oxygens (including phenoxy) is 1. The molecule has 0 aliphatic rings. The average molecular weight is 389 g/mol. The highest BCUT2D eigenvalue weighted by atomic mass is 16.6. The van der Waals surface area contributed by atoms with E-state index < -0.39 is 10.7 Å². The molecule has 0 amide bonds. The Morgan fingerprint density at radius 3 is 2.59 bits per heavy atom. The van der Waals surface area contributed by atoms with Gasteiger partial charge in [0.05, 0.1) is 10.5 Å². The molecule has 6 heteroatoms. The van der Waals surface area contributed by atoms with Gasteiger partial charge in [-0.1, -0.05) is 54.1 Å². The van der Waals surface area contributed by atoms with E-state index in [9.17, 15) is 20.0 Å². The van der Waals surface area contributed by atoms with Crippen LogP contribution in [0, 0.1) is 17.0 Å². The van der Waals surface area contributed by atoms with Gasteiger partial charge in [-0.25, -0.2) is 0 Å². The number of hydrogen-bond acceptors (Lipinski definition) is 5. The number of aromatic hydroxyl groups is 1. The summed E-state index contributed by atoms with van der Waals surface area (Å²) in [6.45, 7) is 2.03. The van der Waals surface area contributed by atoms with Crippen molar-refractivity contribution in [3.63, 3.8) is 0 Å². The van der Waals surface area contributed by atoms with Crippen LogP contribution in [0.5, 0.6) is 11.5 Å². The fraction of sp³-hybridized carbons (Fsp3) is 0.0870. The van der Waals surface area contributed by atoms with Crippen LogP contribution < -0.4 is 4.74 Å². The van der Waals surface area contributed by atoms with Gasteiger partial charge in [0.15, 0.2) is 11.5 Å². The van der Waals surface area contributed by atoms with E-state index in [0.717, 1.165) is 11.1 Å². The van der Waals surface area contributed by atoms with E-state index in [1.165, 1.54) is 30.4 Å². The Morgan fingerprint density at radius 1 is 1.10 bits per heavy atom. The molecule has 29 heavy (non-hydrogen) atoms. The quantitative estimate of drug-likeness (QED) is 0.263. The molecule has 0 aliphatic heterocycles. The molecule has 0 saturated heterocycles. The number of nitrogens with zero attached hydrogens (tertiary/aromatic N) is 1. The van der Waals surface area contributed by atoms with E-state index in [1.807, 2.05) is 37.3 Å². The first-order chi connectivity index (χ1) is 13.9. The first-order valence-corrected chi connectivity index (χ1v) is 8.91. The lowest BCUT2D eigenvalue weighted by atomic mass is 10.1. The topological polar surface area (TPSA) is 89.7 Å². The molecular formula is C23H19NO5. The number of ketones is 1. The van der Waals surface area contributed by atoms with Crippen molar-refractivity contribution in [2.75, 3.05) is 0 Å². The first kappa shape index (κ1) is 19.8. The van der Waals surface area contributed by atoms with E-state index in [-0.39, 0.29) is 29.4 Å². The minimum Gasteiger partial charge on any atom is -0.507 e. The van der Waals surface area contributed by atoms with E-state index in [0.29, 0.717) is 5.56 Å². The smallest absolute Gasteiger partial charge is 0.311 e. The number of aryl methyl sites for hydroxylation is 1. The molecule has 1 N–H and O–H groups in total. The number of hydrogen-bond donors (Lipinski definition) is 1. The van der Waals surface area contributed by atoms with Gasteiger partial charge in [-0.2, -0.15) is 0 Å². The monoisotopic (exact) mass is 389 g/mol. The van der Waals surface area contributed by atoms with E-state index >= 15 is 0 Å². The largest absolute Gasteiger partial charge is 0.507 e. The van der Waals surface area contributed by atoms with Crippen molar-refractivity contribution in [3.05, 3.63) is 105 Å². The van der Waals surface area contributed by atoms with Gasteiger partial charge in [0, 0.05) is 6.07 Å². The zero-order chi connectivity index (χ0) is 20.8. The maximum Gasteiger partial charge on any atom is 0.311 e. The number of phenols is 1. The van der Waals surface area contributed by atoms with Crippen LogP contribution in [0.15, 0.2) is 72.8 Å². The molecule has 0 fully saturated rings. The van der Waals surface area contributed by atoms with Crippen LogP contribution in [0.25, 0.3) is 6.08 Å². The van der Waals surface area contributed by atoms with Crippen LogP contribution in [0.2, 0.25) is 0 Å². The fourth-order valence-electron chi connectivity index (χ4n) is 2.75. The van der Waals surface area contributed by atoms with E-state index in [4.69, 9.17) is 4.74 Å². The highest BCUT2D eigenvalue weighted by molar-refractivity contribution is 6.08. The Balaban J connectivity index is 1.79. The standard InChI is InChI=1S/C23H19NO5/c1-16-7-10-21(25)19(13-16)22(26)11-8-17-9-12-23(20(14-17)24(27)28)29-15-18-5-3-2-4-6-18/h2-14,25H,15H2,1H3. The van der Waals surface area contributed by atoms with Crippen molar-refractivity contribution >= 4 is 17.5 Å². The molecular weight excluding hydrogens is 370 g/mol. The fourth-order valence-corrected chi connectivity index (χ4v) is 2.75. The summed E-state index contributed by atoms with van der Waals surface area (Å²) in [6.07, 6.45) is 2.75. The third-order valence-corrected chi connectivity index (χ3v) is 4.26. The summed E-state index contributed by atoms with van der Waals surface area (Å²) in [5.74, 6) is -0.349. The Kier molecular flexibility index (Phi) is 6.04. The zero-order valence-electron chi connectivity index (χ0n) is 15.7. The lowest BCUT2D eigenvalue weighted by Crippen LogP contribution is -1.99. The summed E-state index contributed by atoms with van der Waals surface area (Å²) in [5, 5.41) is 21.3. The van der Waals surface area contributed by atoms with Crippen molar-refractivity contribution in [3.8, 4) is 11.5 Å². The summed E-state index contributed by atoms with van der Waals surface area (Å²) in [7, 11) is 0. The molecule has 3 aromatic rings. The predicted molar refractivity (Wildman–Crippen MR) is 110 cm³/mol. The van der Waals surface area contributed by atoms with Crippen LogP contribution in [-0.2, 0) is 6.61 Å². The number of nitro benzene ring substituents is 1. The molecule has 0 spiro atoms. The Morgan fingerprint density at radius 2 is 1.86 bits per heavy atom. The maximum atomic E-state index is 12.3. The molecule has 0 saturated carbocycles. The highest BCUT2D eigenvalue weighted by Gasteiger charge is 2.16. The Labute approximate surface area is 167 Å². The van der Waals surface area contributed by atoms with Crippen LogP contribution >= 0.6 is 0 Å². The van der Waals surface area contributed by atoms with Gasteiger partial charge in [-0.05, 0) is 42.3 Å². The summed E-state index contributed by atoms with van der Waals surface area (Å²) >= 11 is 0. The van der Waals surface area contributed by atoms with Crippen LogP contribution in [0.1, 0.15) is 27.0 Å². The number of carbonyl (C=O) groups excluding carboxylic acids is 1. The third-order valence-electron chi connectivity index (χ3n) is 4.26. The predicted octanol–water partition coefficient (Wildman–Crippen LogP) is 5.08. The normalized spacial score (nSPS) is 10.8. The van der Waals surface area contributed by atoms with Gasteiger partial charge in [0.2, 0.25) is 0 Å². The van der Waals surface area contributed by atoms with Crippen LogP contribution in [0.4, 0.5) is 5.69 Å². The number of rotatable bonds is 7. The van der Waals surface area contributed by atoms with Gasteiger partial charge in [0.25, 0.3) is 0 Å². The summed E-state index contributed by atoms with van der Waals surface area (Å²) in [6, 6.07) is 18.6. The molecule has 0 radical (unpaired) electrons. The average Bonchev–Trinajstić information content (AvgIpc) is 2.73. The number of carbonyl (C=O) groups is 1. The van der Waals surface area contributed by atoms with Gasteiger partial charge < -0.3 is 9.84 Å². The summed E-state index contributed by atoms with van der Waals surface area (Å²) in [4.78, 5) is 23.2. The lowest BCUT2D eigenvalue weighted by molar-refractivity contribution is -0.386. The van der Waals surface area contributed by atoms with Crippen molar-refractivity contribution in [2.45, 2.75) is 13.5 Å². The summed E-state index contributed by atoms with van der Waals surface area (Å²) < 4.78 is 5.60. The van der Waals surface area contributed by atoms with E-state index in [2.05, 4.69) is 0 Å². The minimum absolute atomic E-state index is 0.110. The first-order valence-electron chi connectivity index (χ1n) is 8.91. The molecule has 0 atom stereocenters. The second-order valence-corrected chi connectivity index (χ2v) is 6.48. The molecule has 6 nitrogen and oxygen atoms in total. The molecule has 0 aromatic heterocycles. The van der Waals surface area contributed by atoms with Gasteiger partial charge in [-0.15, -0.1) is 0 Å². The summed E-state index contributed by atoms with van der Waals surface area (Å²) in [5.41, 5.74) is 2.21. The third kappa shape index (κ3) is 5.07. The van der Waals surface area contributed by atoms with Crippen LogP contribution in [0.3, 0.4) is 0 Å². The number of nitro groups is 1. The van der Waals surface area contributed by atoms with Crippen molar-refractivity contribution in [1.82, 2.24) is 0 Å². The number of benzene rings is 3.